The Morgan fingerprint density at radius 3 is 2.94 bits per heavy atom. The molecule has 0 aliphatic heterocycles. The summed E-state index contributed by atoms with van der Waals surface area (Å²) in [7, 11) is 0. The molecule has 86 valence electrons. The molecule has 0 bridgehead atoms. The normalized spacial score (nSPS) is 19.8. The number of anilines is 1. The topological polar surface area (TPSA) is 12.0 Å². The predicted molar refractivity (Wildman–Crippen MR) is 69.1 cm³/mol. The highest BCUT2D eigenvalue weighted by Crippen LogP contribution is 2.22. The van der Waals surface area contributed by atoms with Gasteiger partial charge in [-0.1, -0.05) is 12.2 Å². The van der Waals surface area contributed by atoms with Gasteiger partial charge in [-0.05, 0) is 59.3 Å². The fraction of sp³-hybridized carbons (Fsp3) is 0.385. The summed E-state index contributed by atoms with van der Waals surface area (Å²) in [6.45, 7) is 0.961. The van der Waals surface area contributed by atoms with Gasteiger partial charge in [-0.2, -0.15) is 0 Å². The molecular weight excluding hydrogens is 269 g/mol. The van der Waals surface area contributed by atoms with E-state index in [0.717, 1.165) is 18.7 Å². The molecule has 0 amide bonds. The minimum absolute atomic E-state index is 0.217. The largest absolute Gasteiger partial charge is 0.385 e. The van der Waals surface area contributed by atoms with Gasteiger partial charge in [-0.25, -0.2) is 4.39 Å². The van der Waals surface area contributed by atoms with Crippen LogP contribution < -0.4 is 5.32 Å². The Labute approximate surface area is 104 Å². The first kappa shape index (κ1) is 11.6. The molecule has 0 heterocycles. The molecule has 1 nitrogen and oxygen atoms in total. The van der Waals surface area contributed by atoms with Crippen LogP contribution in [0.2, 0.25) is 0 Å². The zero-order valence-corrected chi connectivity index (χ0v) is 10.6. The molecule has 0 saturated heterocycles. The molecule has 0 radical (unpaired) electrons. The van der Waals surface area contributed by atoms with Crippen molar-refractivity contribution >= 4 is 21.6 Å². The number of halogens is 2. The van der Waals surface area contributed by atoms with Gasteiger partial charge in [-0.15, -0.1) is 0 Å². The van der Waals surface area contributed by atoms with Crippen LogP contribution in [0, 0.1) is 11.7 Å². The molecular formula is C13H15BrFN. The smallest absolute Gasteiger partial charge is 0.137 e. The van der Waals surface area contributed by atoms with Crippen LogP contribution >= 0.6 is 15.9 Å². The highest BCUT2D eigenvalue weighted by atomic mass is 79.9. The molecule has 1 aliphatic rings. The third-order valence-corrected chi connectivity index (χ3v) is 3.50. The summed E-state index contributed by atoms with van der Waals surface area (Å²) in [6, 6.07) is 5.04. The molecule has 1 aromatic rings. The average Bonchev–Trinajstić information content (AvgIpc) is 2.32. The van der Waals surface area contributed by atoms with Crippen molar-refractivity contribution in [2.24, 2.45) is 5.92 Å². The summed E-state index contributed by atoms with van der Waals surface area (Å²) < 4.78 is 13.5. The Bertz CT molecular complexity index is 390. The van der Waals surface area contributed by atoms with Crippen LogP contribution in [-0.4, -0.2) is 6.54 Å². The lowest BCUT2D eigenvalue weighted by molar-refractivity contribution is 0.504. The summed E-state index contributed by atoms with van der Waals surface area (Å²) in [5, 5.41) is 3.35. The molecule has 1 unspecified atom stereocenters. The van der Waals surface area contributed by atoms with Crippen molar-refractivity contribution in [2.75, 3.05) is 11.9 Å². The molecule has 1 N–H and O–H groups in total. The van der Waals surface area contributed by atoms with Crippen molar-refractivity contribution in [1.82, 2.24) is 0 Å². The van der Waals surface area contributed by atoms with Gasteiger partial charge in [0.1, 0.15) is 5.82 Å². The van der Waals surface area contributed by atoms with Crippen LogP contribution in [0.3, 0.4) is 0 Å². The van der Waals surface area contributed by atoms with E-state index in [1.54, 1.807) is 12.1 Å². The maximum atomic E-state index is 13.0. The van der Waals surface area contributed by atoms with Crippen LogP contribution in [0.4, 0.5) is 10.1 Å². The molecule has 2 rings (SSSR count). The van der Waals surface area contributed by atoms with Crippen molar-refractivity contribution in [2.45, 2.75) is 19.3 Å². The minimum atomic E-state index is -0.217. The van der Waals surface area contributed by atoms with Gasteiger partial charge < -0.3 is 5.32 Å². The van der Waals surface area contributed by atoms with Crippen LogP contribution in [0.5, 0.6) is 0 Å². The lowest BCUT2D eigenvalue weighted by Crippen LogP contribution is -2.15. The van der Waals surface area contributed by atoms with E-state index in [4.69, 9.17) is 0 Å². The number of hydrogen-bond donors (Lipinski definition) is 1. The van der Waals surface area contributed by atoms with Gasteiger partial charge in [-0.3, -0.25) is 0 Å². The maximum Gasteiger partial charge on any atom is 0.137 e. The van der Waals surface area contributed by atoms with E-state index in [2.05, 4.69) is 33.4 Å². The molecule has 1 aliphatic carbocycles. The molecule has 0 aromatic heterocycles. The van der Waals surface area contributed by atoms with Gasteiger partial charge in [0.15, 0.2) is 0 Å². The minimum Gasteiger partial charge on any atom is -0.385 e. The summed E-state index contributed by atoms with van der Waals surface area (Å²) in [6.07, 6.45) is 8.06. The Kier molecular flexibility index (Phi) is 3.99. The van der Waals surface area contributed by atoms with Gasteiger partial charge in [0, 0.05) is 12.2 Å². The highest BCUT2D eigenvalue weighted by Gasteiger charge is 2.09. The Morgan fingerprint density at radius 2 is 2.25 bits per heavy atom. The summed E-state index contributed by atoms with van der Waals surface area (Å²) in [5.74, 6) is 0.486. The Balaban J connectivity index is 1.89. The predicted octanol–water partition coefficient (Wildman–Crippen LogP) is 4.36. The third-order valence-electron chi connectivity index (χ3n) is 2.89. The van der Waals surface area contributed by atoms with E-state index < -0.39 is 0 Å². The highest BCUT2D eigenvalue weighted by molar-refractivity contribution is 9.10. The fourth-order valence-electron chi connectivity index (χ4n) is 1.91. The van der Waals surface area contributed by atoms with E-state index in [1.165, 1.54) is 18.9 Å². The first-order chi connectivity index (χ1) is 7.75. The van der Waals surface area contributed by atoms with Gasteiger partial charge in [0.05, 0.1) is 4.47 Å². The summed E-state index contributed by atoms with van der Waals surface area (Å²) >= 11 is 3.19. The van der Waals surface area contributed by atoms with E-state index >= 15 is 0 Å². The first-order valence-corrected chi connectivity index (χ1v) is 6.39. The van der Waals surface area contributed by atoms with Crippen molar-refractivity contribution in [1.29, 1.82) is 0 Å². The second kappa shape index (κ2) is 5.48. The fourth-order valence-corrected chi connectivity index (χ4v) is 2.29. The maximum absolute atomic E-state index is 13.0. The monoisotopic (exact) mass is 283 g/mol. The van der Waals surface area contributed by atoms with Crippen LogP contribution in [0.15, 0.2) is 34.8 Å². The molecule has 3 heteroatoms. The lowest BCUT2D eigenvalue weighted by Gasteiger charge is -2.18. The number of nitrogens with one attached hydrogen (secondary N) is 1. The van der Waals surface area contributed by atoms with Crippen LogP contribution in [0.25, 0.3) is 0 Å². The zero-order valence-electron chi connectivity index (χ0n) is 9.05. The molecule has 0 spiro atoms. The van der Waals surface area contributed by atoms with E-state index in [9.17, 15) is 4.39 Å². The van der Waals surface area contributed by atoms with Gasteiger partial charge in [0.2, 0.25) is 0 Å². The Morgan fingerprint density at radius 1 is 1.38 bits per heavy atom. The standard InChI is InChI=1S/C13H15BrFN/c14-12-8-11(6-7-13(12)15)16-9-10-4-2-1-3-5-10/h1-2,6-8,10,16H,3-5,9H2. The SMILES string of the molecule is Fc1ccc(NCC2CC=CCC2)cc1Br. The van der Waals surface area contributed by atoms with Crippen LogP contribution in [-0.2, 0) is 0 Å². The molecule has 1 aromatic carbocycles. The number of hydrogen-bond acceptors (Lipinski definition) is 1. The van der Waals surface area contributed by atoms with E-state index in [0.29, 0.717) is 10.4 Å². The van der Waals surface area contributed by atoms with Crippen molar-refractivity contribution in [3.63, 3.8) is 0 Å². The van der Waals surface area contributed by atoms with E-state index in [-0.39, 0.29) is 5.82 Å². The second-order valence-electron chi connectivity index (χ2n) is 4.16. The average molecular weight is 284 g/mol. The molecule has 1 atom stereocenters. The number of allylic oxidation sites excluding steroid dienone is 2. The molecule has 0 saturated carbocycles. The number of rotatable bonds is 3. The van der Waals surface area contributed by atoms with Crippen LogP contribution in [0.1, 0.15) is 19.3 Å². The Hall–Kier alpha value is -0.830. The van der Waals surface area contributed by atoms with Crippen molar-refractivity contribution in [3.8, 4) is 0 Å². The van der Waals surface area contributed by atoms with E-state index in [1.807, 2.05) is 0 Å². The quantitative estimate of drug-likeness (QED) is 0.813. The zero-order chi connectivity index (χ0) is 11.4. The number of benzene rings is 1. The third kappa shape index (κ3) is 3.08. The lowest BCUT2D eigenvalue weighted by atomic mass is 9.94. The van der Waals surface area contributed by atoms with Gasteiger partial charge in [0.25, 0.3) is 0 Å². The molecule has 16 heavy (non-hydrogen) atoms. The first-order valence-electron chi connectivity index (χ1n) is 5.59. The van der Waals surface area contributed by atoms with Crippen molar-refractivity contribution < 1.29 is 4.39 Å². The summed E-state index contributed by atoms with van der Waals surface area (Å²) in [5.41, 5.74) is 0.975. The summed E-state index contributed by atoms with van der Waals surface area (Å²) in [4.78, 5) is 0. The van der Waals surface area contributed by atoms with Gasteiger partial charge >= 0.3 is 0 Å². The molecule has 0 fully saturated rings. The van der Waals surface area contributed by atoms with Crippen molar-refractivity contribution in [3.05, 3.63) is 40.6 Å². The second-order valence-corrected chi connectivity index (χ2v) is 5.01.